The van der Waals surface area contributed by atoms with E-state index in [0.717, 1.165) is 39.4 Å². The van der Waals surface area contributed by atoms with Crippen LogP contribution in [-0.4, -0.2) is 55.8 Å². The Kier molecular flexibility index (Phi) is 12.2. The molecule has 0 spiro atoms. The lowest BCUT2D eigenvalue weighted by Gasteiger charge is -2.38. The minimum Gasteiger partial charge on any atom is -0.494 e. The van der Waals surface area contributed by atoms with E-state index < -0.39 is 5.60 Å². The highest BCUT2D eigenvalue weighted by Gasteiger charge is 2.38. The fourth-order valence-electron chi connectivity index (χ4n) is 4.60. The van der Waals surface area contributed by atoms with Gasteiger partial charge < -0.3 is 18.9 Å². The number of nitrogens with zero attached hydrogens (tertiary/aromatic N) is 1. The Morgan fingerprint density at radius 1 is 1.05 bits per heavy atom. The topological polar surface area (TPSA) is 74.3 Å². The number of carbonyl (C=O) groups excluding carboxylic acids is 2. The van der Waals surface area contributed by atoms with Crippen molar-refractivity contribution in [1.29, 1.82) is 0 Å². The fraction of sp³-hybridized carbons (Fsp3) is 0.586. The van der Waals surface area contributed by atoms with E-state index in [9.17, 15) is 9.59 Å². The van der Waals surface area contributed by atoms with Crippen LogP contribution in [0.15, 0.2) is 34.6 Å². The highest BCUT2D eigenvalue weighted by Crippen LogP contribution is 2.40. The van der Waals surface area contributed by atoms with Gasteiger partial charge in [-0.05, 0) is 82.0 Å². The summed E-state index contributed by atoms with van der Waals surface area (Å²) < 4.78 is 23.3. The largest absolute Gasteiger partial charge is 0.494 e. The van der Waals surface area contributed by atoms with Crippen LogP contribution >= 0.6 is 12.4 Å². The van der Waals surface area contributed by atoms with Gasteiger partial charge in [-0.25, -0.2) is 0 Å². The molecule has 7 nitrogen and oxygen atoms in total. The third-order valence-electron chi connectivity index (χ3n) is 6.60. The molecule has 0 amide bonds. The number of hydrogen-bond donors (Lipinski definition) is 0. The highest BCUT2D eigenvalue weighted by atomic mass is 35.5. The molecule has 1 aliphatic carbocycles. The second kappa shape index (κ2) is 13.9. The van der Waals surface area contributed by atoms with Crippen LogP contribution in [0.25, 0.3) is 0 Å². The van der Waals surface area contributed by atoms with Gasteiger partial charge in [-0.15, -0.1) is 12.4 Å². The van der Waals surface area contributed by atoms with E-state index in [2.05, 4.69) is 18.7 Å². The van der Waals surface area contributed by atoms with Crippen molar-refractivity contribution >= 4 is 24.3 Å². The molecule has 0 heterocycles. The molecule has 0 bridgehead atoms. The zero-order valence-electron chi connectivity index (χ0n) is 24.1. The standard InChI is InChI=1S/C29H43NO6.ClH/c1-11-33-28-20(5)21(6)29(9,36-23(8)32)16-24(28)17-30(10)12-13-34-27-14-19(4)26(35-22(7)31)15-25(27)18(2)3;/h14-15,18H,11-13,16-17H2,1-10H3;1H. The second-order valence-electron chi connectivity index (χ2n) is 10.1. The van der Waals surface area contributed by atoms with Gasteiger partial charge in [0.15, 0.2) is 0 Å². The lowest BCUT2D eigenvalue weighted by atomic mass is 9.80. The molecule has 1 aliphatic rings. The van der Waals surface area contributed by atoms with E-state index in [0.29, 0.717) is 38.5 Å². The first-order valence-electron chi connectivity index (χ1n) is 12.7. The molecule has 0 N–H and O–H groups in total. The van der Waals surface area contributed by atoms with Gasteiger partial charge in [-0.1, -0.05) is 13.8 Å². The van der Waals surface area contributed by atoms with Crippen LogP contribution in [0.4, 0.5) is 0 Å². The molecule has 1 unspecified atom stereocenters. The molecular formula is C29H44ClNO6. The quantitative estimate of drug-likeness (QED) is 0.248. The fourth-order valence-corrected chi connectivity index (χ4v) is 4.60. The summed E-state index contributed by atoms with van der Waals surface area (Å²) in [6.07, 6.45) is 0.588. The Morgan fingerprint density at radius 3 is 2.24 bits per heavy atom. The van der Waals surface area contributed by atoms with Gasteiger partial charge in [-0.3, -0.25) is 14.5 Å². The van der Waals surface area contributed by atoms with Gasteiger partial charge in [0, 0.05) is 38.9 Å². The average molecular weight is 538 g/mol. The van der Waals surface area contributed by atoms with Crippen molar-refractivity contribution < 1.29 is 28.5 Å². The minimum absolute atomic E-state index is 0. The molecule has 1 atom stereocenters. The summed E-state index contributed by atoms with van der Waals surface area (Å²) in [5.41, 5.74) is 4.32. The average Bonchev–Trinajstić information content (AvgIpc) is 2.75. The molecule has 0 aromatic heterocycles. The molecule has 0 aliphatic heterocycles. The van der Waals surface area contributed by atoms with E-state index in [1.54, 1.807) is 0 Å². The van der Waals surface area contributed by atoms with Crippen molar-refractivity contribution in [2.45, 2.75) is 80.3 Å². The number of esters is 2. The summed E-state index contributed by atoms with van der Waals surface area (Å²) in [5.74, 6) is 1.85. The van der Waals surface area contributed by atoms with Crippen LogP contribution in [-0.2, 0) is 19.1 Å². The lowest BCUT2D eigenvalue weighted by Crippen LogP contribution is -2.39. The Morgan fingerprint density at radius 2 is 1.70 bits per heavy atom. The van der Waals surface area contributed by atoms with Gasteiger partial charge >= 0.3 is 11.9 Å². The molecule has 0 saturated heterocycles. The highest BCUT2D eigenvalue weighted by molar-refractivity contribution is 5.85. The Hall–Kier alpha value is -2.51. The predicted molar refractivity (Wildman–Crippen MR) is 149 cm³/mol. The first-order chi connectivity index (χ1) is 16.8. The van der Waals surface area contributed by atoms with Crippen LogP contribution < -0.4 is 9.47 Å². The Labute approximate surface area is 228 Å². The SMILES string of the molecule is CCOC1=C(CN(C)CCOc2cc(C)c(OC(C)=O)cc2C(C)C)CC(C)(OC(C)=O)C(C)=C1C.Cl. The molecule has 1 aromatic carbocycles. The second-order valence-corrected chi connectivity index (χ2v) is 10.1. The van der Waals surface area contributed by atoms with Crippen molar-refractivity contribution in [3.8, 4) is 11.5 Å². The number of allylic oxidation sites excluding steroid dienone is 1. The number of aryl methyl sites for hydroxylation is 1. The smallest absolute Gasteiger partial charge is 0.308 e. The summed E-state index contributed by atoms with van der Waals surface area (Å²) in [6.45, 7) is 19.3. The Bertz CT molecular complexity index is 1050. The maximum atomic E-state index is 11.8. The normalized spacial score (nSPS) is 17.6. The van der Waals surface area contributed by atoms with E-state index in [-0.39, 0.29) is 30.3 Å². The summed E-state index contributed by atoms with van der Waals surface area (Å²) >= 11 is 0. The van der Waals surface area contributed by atoms with E-state index >= 15 is 0 Å². The lowest BCUT2D eigenvalue weighted by molar-refractivity contribution is -0.152. The molecule has 2 rings (SSSR count). The van der Waals surface area contributed by atoms with Gasteiger partial charge in [0.05, 0.1) is 6.61 Å². The minimum atomic E-state index is -0.684. The van der Waals surface area contributed by atoms with Gasteiger partial charge in [0.25, 0.3) is 0 Å². The number of hydrogen-bond acceptors (Lipinski definition) is 7. The molecule has 0 radical (unpaired) electrons. The van der Waals surface area contributed by atoms with Crippen molar-refractivity contribution in [1.82, 2.24) is 4.90 Å². The monoisotopic (exact) mass is 537 g/mol. The molecule has 208 valence electrons. The first-order valence-corrected chi connectivity index (χ1v) is 12.7. The molecule has 0 saturated carbocycles. The van der Waals surface area contributed by atoms with Crippen molar-refractivity contribution in [3.63, 3.8) is 0 Å². The van der Waals surface area contributed by atoms with Crippen LogP contribution in [0, 0.1) is 6.92 Å². The molecule has 37 heavy (non-hydrogen) atoms. The number of likely N-dealkylation sites (N-methyl/N-ethyl adjacent to an activating group) is 1. The zero-order valence-corrected chi connectivity index (χ0v) is 24.9. The zero-order chi connectivity index (χ0) is 27.2. The maximum absolute atomic E-state index is 11.8. The molecule has 1 aromatic rings. The van der Waals surface area contributed by atoms with Crippen molar-refractivity contribution in [2.75, 3.05) is 33.4 Å². The summed E-state index contributed by atoms with van der Waals surface area (Å²) in [4.78, 5) is 25.4. The van der Waals surface area contributed by atoms with Crippen LogP contribution in [0.2, 0.25) is 0 Å². The number of halogens is 1. The summed E-state index contributed by atoms with van der Waals surface area (Å²) in [7, 11) is 2.04. The number of rotatable bonds is 11. The Balaban J connectivity index is 0.00000684. The van der Waals surface area contributed by atoms with Gasteiger partial charge in [0.2, 0.25) is 0 Å². The van der Waals surface area contributed by atoms with Crippen molar-refractivity contribution in [3.05, 3.63) is 45.7 Å². The first kappa shape index (κ1) is 32.5. The van der Waals surface area contributed by atoms with E-state index in [4.69, 9.17) is 18.9 Å². The third-order valence-corrected chi connectivity index (χ3v) is 6.60. The summed E-state index contributed by atoms with van der Waals surface area (Å²) in [6, 6.07) is 3.83. The van der Waals surface area contributed by atoms with Crippen LogP contribution in [0.5, 0.6) is 11.5 Å². The van der Waals surface area contributed by atoms with Crippen molar-refractivity contribution in [2.24, 2.45) is 0 Å². The van der Waals surface area contributed by atoms with Gasteiger partial charge in [0.1, 0.15) is 29.5 Å². The molecule has 0 fully saturated rings. The number of benzene rings is 1. The predicted octanol–water partition coefficient (Wildman–Crippen LogP) is 6.13. The summed E-state index contributed by atoms with van der Waals surface area (Å²) in [5, 5.41) is 0. The third kappa shape index (κ3) is 8.50. The van der Waals surface area contributed by atoms with Crippen LogP contribution in [0.3, 0.4) is 0 Å². The van der Waals surface area contributed by atoms with E-state index in [1.165, 1.54) is 13.8 Å². The van der Waals surface area contributed by atoms with Crippen LogP contribution in [0.1, 0.15) is 78.9 Å². The maximum Gasteiger partial charge on any atom is 0.308 e. The van der Waals surface area contributed by atoms with E-state index in [1.807, 2.05) is 53.8 Å². The van der Waals surface area contributed by atoms with Gasteiger partial charge in [-0.2, -0.15) is 0 Å². The molecule has 8 heteroatoms. The number of ether oxygens (including phenoxy) is 4. The molecular weight excluding hydrogens is 494 g/mol. The number of carbonyl (C=O) groups is 2.